The molecule has 1 unspecified atom stereocenters. The highest BCUT2D eigenvalue weighted by atomic mass is 16.5. The van der Waals surface area contributed by atoms with Gasteiger partial charge in [-0.1, -0.05) is 27.7 Å². The number of carbonyl (C=O) groups excluding carboxylic acids is 1. The van der Waals surface area contributed by atoms with Crippen LogP contribution in [0.4, 0.5) is 0 Å². The summed E-state index contributed by atoms with van der Waals surface area (Å²) >= 11 is 0. The van der Waals surface area contributed by atoms with Crippen LogP contribution in [0, 0.1) is 5.41 Å². The maximum atomic E-state index is 10.00. The molecule has 0 fully saturated rings. The topological polar surface area (TPSA) is 26.3 Å². The van der Waals surface area contributed by atoms with Crippen molar-refractivity contribution in [1.29, 1.82) is 0 Å². The third-order valence-electron chi connectivity index (χ3n) is 1.56. The standard InChI is InChI=1S/C8H16O2/c1-5-7(10-6-9)8(2,3)4/h6-7H,5H2,1-4H3. The van der Waals surface area contributed by atoms with Gasteiger partial charge in [0, 0.05) is 0 Å². The molecular formula is C8H16O2. The van der Waals surface area contributed by atoms with Gasteiger partial charge >= 0.3 is 0 Å². The van der Waals surface area contributed by atoms with E-state index in [2.05, 4.69) is 20.8 Å². The molecule has 0 radical (unpaired) electrons. The van der Waals surface area contributed by atoms with E-state index in [1.807, 2.05) is 6.92 Å². The Morgan fingerprint density at radius 2 is 2.00 bits per heavy atom. The quantitative estimate of drug-likeness (QED) is 0.566. The first-order chi connectivity index (χ1) is 4.52. The van der Waals surface area contributed by atoms with Crippen LogP contribution >= 0.6 is 0 Å². The number of carbonyl (C=O) groups is 1. The zero-order valence-corrected chi connectivity index (χ0v) is 7.18. The molecule has 0 bridgehead atoms. The van der Waals surface area contributed by atoms with Gasteiger partial charge in [0.25, 0.3) is 6.47 Å². The summed E-state index contributed by atoms with van der Waals surface area (Å²) in [5.74, 6) is 0. The summed E-state index contributed by atoms with van der Waals surface area (Å²) in [6.45, 7) is 8.72. The predicted octanol–water partition coefficient (Wildman–Crippen LogP) is 1.98. The highest BCUT2D eigenvalue weighted by molar-refractivity contribution is 5.37. The fraction of sp³-hybridized carbons (Fsp3) is 0.875. The molecule has 0 aromatic rings. The Balaban J connectivity index is 3.92. The van der Waals surface area contributed by atoms with Crippen LogP contribution in [0.15, 0.2) is 0 Å². The molecule has 0 aromatic heterocycles. The summed E-state index contributed by atoms with van der Waals surface area (Å²) in [5.41, 5.74) is 0.0651. The lowest BCUT2D eigenvalue weighted by atomic mass is 9.87. The van der Waals surface area contributed by atoms with Crippen molar-refractivity contribution in [2.75, 3.05) is 0 Å². The molecule has 0 aromatic carbocycles. The molecule has 0 heterocycles. The SMILES string of the molecule is CCC(OC=O)C(C)(C)C. The van der Waals surface area contributed by atoms with Gasteiger partial charge in [-0.05, 0) is 11.8 Å². The van der Waals surface area contributed by atoms with Gasteiger partial charge in [-0.15, -0.1) is 0 Å². The first kappa shape index (κ1) is 9.47. The van der Waals surface area contributed by atoms with E-state index in [0.29, 0.717) is 6.47 Å². The molecule has 0 N–H and O–H groups in total. The molecule has 0 rings (SSSR count). The van der Waals surface area contributed by atoms with Gasteiger partial charge in [0.15, 0.2) is 0 Å². The van der Waals surface area contributed by atoms with E-state index in [-0.39, 0.29) is 11.5 Å². The second-order valence-corrected chi connectivity index (χ2v) is 3.50. The minimum Gasteiger partial charge on any atom is -0.464 e. The van der Waals surface area contributed by atoms with Crippen molar-refractivity contribution in [3.05, 3.63) is 0 Å². The predicted molar refractivity (Wildman–Crippen MR) is 40.7 cm³/mol. The first-order valence-corrected chi connectivity index (χ1v) is 3.61. The molecule has 0 aliphatic heterocycles. The van der Waals surface area contributed by atoms with Gasteiger partial charge < -0.3 is 4.74 Å². The normalized spacial score (nSPS) is 14.4. The zero-order chi connectivity index (χ0) is 8.20. The van der Waals surface area contributed by atoms with Crippen LogP contribution in [0.1, 0.15) is 34.1 Å². The van der Waals surface area contributed by atoms with Gasteiger partial charge in [0.05, 0.1) is 0 Å². The van der Waals surface area contributed by atoms with Crippen LogP contribution in [0.5, 0.6) is 0 Å². The molecule has 1 atom stereocenters. The number of rotatable bonds is 3. The van der Waals surface area contributed by atoms with Crippen LogP contribution < -0.4 is 0 Å². The molecule has 2 heteroatoms. The molecule has 2 nitrogen and oxygen atoms in total. The minimum atomic E-state index is 0.0463. The Morgan fingerprint density at radius 1 is 1.50 bits per heavy atom. The summed E-state index contributed by atoms with van der Waals surface area (Å²) < 4.78 is 4.88. The molecule has 0 aliphatic rings. The molecule has 0 aliphatic carbocycles. The molecule has 0 saturated heterocycles. The third-order valence-corrected chi connectivity index (χ3v) is 1.56. The summed E-state index contributed by atoms with van der Waals surface area (Å²) in [7, 11) is 0. The molecule has 0 saturated carbocycles. The number of hydrogen-bond acceptors (Lipinski definition) is 2. The van der Waals surface area contributed by atoms with Crippen molar-refractivity contribution in [2.24, 2.45) is 5.41 Å². The second-order valence-electron chi connectivity index (χ2n) is 3.50. The highest BCUT2D eigenvalue weighted by Crippen LogP contribution is 2.23. The zero-order valence-electron chi connectivity index (χ0n) is 7.18. The third kappa shape index (κ3) is 2.85. The van der Waals surface area contributed by atoms with Crippen molar-refractivity contribution in [3.8, 4) is 0 Å². The van der Waals surface area contributed by atoms with E-state index in [9.17, 15) is 4.79 Å². The van der Waals surface area contributed by atoms with Crippen LogP contribution in [0.2, 0.25) is 0 Å². The fourth-order valence-electron chi connectivity index (χ4n) is 0.980. The van der Waals surface area contributed by atoms with Gasteiger partial charge in [0.2, 0.25) is 0 Å². The lowest BCUT2D eigenvalue weighted by molar-refractivity contribution is -0.139. The Morgan fingerprint density at radius 3 is 2.10 bits per heavy atom. The summed E-state index contributed by atoms with van der Waals surface area (Å²) in [6.07, 6.45) is 0.924. The molecule has 60 valence electrons. The maximum absolute atomic E-state index is 10.00. The number of ether oxygens (including phenoxy) is 1. The van der Waals surface area contributed by atoms with Crippen LogP contribution in [-0.4, -0.2) is 12.6 Å². The van der Waals surface area contributed by atoms with Crippen molar-refractivity contribution in [2.45, 2.75) is 40.2 Å². The van der Waals surface area contributed by atoms with Crippen molar-refractivity contribution in [1.82, 2.24) is 0 Å². The maximum Gasteiger partial charge on any atom is 0.293 e. The minimum absolute atomic E-state index is 0.0463. The van der Waals surface area contributed by atoms with E-state index in [0.717, 1.165) is 6.42 Å². The first-order valence-electron chi connectivity index (χ1n) is 3.61. The van der Waals surface area contributed by atoms with E-state index in [1.54, 1.807) is 0 Å². The van der Waals surface area contributed by atoms with Crippen molar-refractivity contribution < 1.29 is 9.53 Å². The van der Waals surface area contributed by atoms with Crippen LogP contribution in [-0.2, 0) is 9.53 Å². The lowest BCUT2D eigenvalue weighted by Crippen LogP contribution is -2.28. The van der Waals surface area contributed by atoms with E-state index < -0.39 is 0 Å². The van der Waals surface area contributed by atoms with Gasteiger partial charge in [0.1, 0.15) is 6.10 Å². The average Bonchev–Trinajstić information content (AvgIpc) is 1.80. The smallest absolute Gasteiger partial charge is 0.293 e. The summed E-state index contributed by atoms with van der Waals surface area (Å²) in [4.78, 5) is 10.00. The van der Waals surface area contributed by atoms with Gasteiger partial charge in [-0.3, -0.25) is 4.79 Å². The lowest BCUT2D eigenvalue weighted by Gasteiger charge is -2.27. The van der Waals surface area contributed by atoms with E-state index in [4.69, 9.17) is 4.74 Å². The molecular weight excluding hydrogens is 128 g/mol. The Labute approximate surface area is 62.6 Å². The molecule has 0 spiro atoms. The summed E-state index contributed by atoms with van der Waals surface area (Å²) in [5, 5.41) is 0. The fourth-order valence-corrected chi connectivity index (χ4v) is 0.980. The highest BCUT2D eigenvalue weighted by Gasteiger charge is 2.23. The van der Waals surface area contributed by atoms with Gasteiger partial charge in [-0.2, -0.15) is 0 Å². The van der Waals surface area contributed by atoms with E-state index >= 15 is 0 Å². The largest absolute Gasteiger partial charge is 0.464 e. The monoisotopic (exact) mass is 144 g/mol. The van der Waals surface area contributed by atoms with Crippen LogP contribution in [0.3, 0.4) is 0 Å². The van der Waals surface area contributed by atoms with Crippen molar-refractivity contribution in [3.63, 3.8) is 0 Å². The van der Waals surface area contributed by atoms with Crippen molar-refractivity contribution >= 4 is 6.47 Å². The Hall–Kier alpha value is -0.530. The molecule has 10 heavy (non-hydrogen) atoms. The number of hydrogen-bond donors (Lipinski definition) is 0. The second kappa shape index (κ2) is 3.59. The average molecular weight is 144 g/mol. The van der Waals surface area contributed by atoms with Crippen LogP contribution in [0.25, 0.3) is 0 Å². The Kier molecular flexibility index (Phi) is 3.40. The van der Waals surface area contributed by atoms with E-state index in [1.165, 1.54) is 0 Å². The Bertz CT molecular complexity index is 102. The van der Waals surface area contributed by atoms with Gasteiger partial charge in [-0.25, -0.2) is 0 Å². The summed E-state index contributed by atoms with van der Waals surface area (Å²) in [6, 6.07) is 0. The molecule has 0 amide bonds.